The van der Waals surface area contributed by atoms with E-state index in [1.54, 1.807) is 0 Å². The molecule has 2 spiro atoms. The number of carbonyl (C=O) groups is 1. The van der Waals surface area contributed by atoms with E-state index in [1.807, 2.05) is 6.07 Å². The van der Waals surface area contributed by atoms with Crippen molar-refractivity contribution >= 4 is 5.97 Å². The second kappa shape index (κ2) is 10.4. The summed E-state index contributed by atoms with van der Waals surface area (Å²) >= 11 is 0. The van der Waals surface area contributed by atoms with E-state index >= 15 is 0 Å². The van der Waals surface area contributed by atoms with Crippen LogP contribution in [-0.2, 0) is 32.0 Å². The normalized spacial score (nSPS) is 41.9. The lowest BCUT2D eigenvalue weighted by Crippen LogP contribution is -2.64. The highest BCUT2D eigenvalue weighted by Crippen LogP contribution is 2.70. The van der Waals surface area contributed by atoms with Gasteiger partial charge in [0, 0.05) is 24.9 Å². The Labute approximate surface area is 257 Å². The number of benzene rings is 2. The van der Waals surface area contributed by atoms with Crippen molar-refractivity contribution in [2.75, 3.05) is 19.8 Å². The van der Waals surface area contributed by atoms with Crippen molar-refractivity contribution in [3.05, 3.63) is 71.8 Å². The molecule has 2 heterocycles. The minimum Gasteiger partial charge on any atom is -0.457 e. The van der Waals surface area contributed by atoms with Crippen molar-refractivity contribution in [3.63, 3.8) is 0 Å². The molecule has 4 saturated carbocycles. The van der Waals surface area contributed by atoms with Crippen LogP contribution in [0.4, 0.5) is 0 Å². The molecule has 6 aliphatic rings. The molecule has 8 atom stereocenters. The number of morpholine rings is 1. The maximum atomic E-state index is 13.9. The summed E-state index contributed by atoms with van der Waals surface area (Å²) in [5, 5.41) is 0. The maximum absolute atomic E-state index is 13.9. The van der Waals surface area contributed by atoms with Gasteiger partial charge < -0.3 is 14.2 Å². The lowest BCUT2D eigenvalue weighted by atomic mass is 9.44. The Hall–Kier alpha value is -2.21. The van der Waals surface area contributed by atoms with Gasteiger partial charge >= 0.3 is 5.97 Å². The minimum absolute atomic E-state index is 0.0235. The molecule has 2 aliphatic heterocycles. The summed E-state index contributed by atoms with van der Waals surface area (Å²) in [6.45, 7) is 8.24. The molecule has 2 aromatic rings. The Kier molecular flexibility index (Phi) is 6.85. The molecule has 4 aliphatic carbocycles. The third-order valence-corrected chi connectivity index (χ3v) is 13.6. The van der Waals surface area contributed by atoms with Gasteiger partial charge in [-0.2, -0.15) is 0 Å². The first kappa shape index (κ1) is 28.3. The van der Waals surface area contributed by atoms with Crippen LogP contribution in [0.1, 0.15) is 82.8 Å². The van der Waals surface area contributed by atoms with Crippen LogP contribution in [0, 0.1) is 34.5 Å². The first-order valence-electron chi connectivity index (χ1n) is 17.2. The highest BCUT2D eigenvalue weighted by atomic mass is 16.7. The summed E-state index contributed by atoms with van der Waals surface area (Å²) in [4.78, 5) is 16.4. The molecule has 0 radical (unpaired) electrons. The van der Waals surface area contributed by atoms with Gasteiger partial charge in [-0.3, -0.25) is 9.69 Å². The minimum atomic E-state index is -0.373. The summed E-state index contributed by atoms with van der Waals surface area (Å²) in [6.07, 6.45) is 11.2. The van der Waals surface area contributed by atoms with Gasteiger partial charge in [-0.1, -0.05) is 74.5 Å². The van der Waals surface area contributed by atoms with Crippen molar-refractivity contribution in [2.24, 2.45) is 34.5 Å². The predicted octanol–water partition coefficient (Wildman–Crippen LogP) is 7.18. The fourth-order valence-electron chi connectivity index (χ4n) is 11.4. The highest BCUT2D eigenvalue weighted by Gasteiger charge is 2.68. The zero-order valence-corrected chi connectivity index (χ0v) is 26.1. The Balaban J connectivity index is 1.03. The number of hydrogen-bond donors (Lipinski definition) is 0. The van der Waals surface area contributed by atoms with E-state index in [0.717, 1.165) is 63.8 Å². The van der Waals surface area contributed by atoms with Crippen LogP contribution in [0.2, 0.25) is 0 Å². The molecule has 0 aromatic heterocycles. The molecule has 0 amide bonds. The summed E-state index contributed by atoms with van der Waals surface area (Å²) in [6, 6.07) is 20.9. The van der Waals surface area contributed by atoms with Gasteiger partial charge in [0.25, 0.3) is 0 Å². The van der Waals surface area contributed by atoms with Crippen LogP contribution in [-0.4, -0.2) is 48.1 Å². The zero-order valence-electron chi connectivity index (χ0n) is 26.1. The topological polar surface area (TPSA) is 48.0 Å². The van der Waals surface area contributed by atoms with E-state index in [1.165, 1.54) is 43.2 Å². The third-order valence-electron chi connectivity index (χ3n) is 13.6. The highest BCUT2D eigenvalue weighted by molar-refractivity contribution is 5.77. The smallest absolute Gasteiger partial charge is 0.324 e. The molecule has 6 fully saturated rings. The molecule has 8 rings (SSSR count). The molecule has 0 N–H and O–H groups in total. The van der Waals surface area contributed by atoms with E-state index in [-0.39, 0.29) is 28.8 Å². The monoisotopic (exact) mass is 583 g/mol. The van der Waals surface area contributed by atoms with Crippen molar-refractivity contribution in [1.82, 2.24) is 4.90 Å². The molecule has 230 valence electrons. The maximum Gasteiger partial charge on any atom is 0.324 e. The quantitative estimate of drug-likeness (QED) is 0.357. The number of carbonyl (C=O) groups excluding carboxylic acids is 1. The Bertz CT molecular complexity index is 1330. The average Bonchev–Trinajstić information content (AvgIpc) is 3.62. The van der Waals surface area contributed by atoms with E-state index < -0.39 is 0 Å². The Morgan fingerprint density at radius 3 is 2.23 bits per heavy atom. The van der Waals surface area contributed by atoms with Crippen LogP contribution in [0.3, 0.4) is 0 Å². The van der Waals surface area contributed by atoms with Gasteiger partial charge in [0.15, 0.2) is 5.79 Å². The molecule has 0 bridgehead atoms. The number of esters is 1. The molecular formula is C38H49NO4. The summed E-state index contributed by atoms with van der Waals surface area (Å²) < 4.78 is 19.4. The van der Waals surface area contributed by atoms with Crippen LogP contribution < -0.4 is 0 Å². The number of fused-ring (bicyclic) bond motifs is 6. The lowest BCUT2D eigenvalue weighted by Gasteiger charge is -2.63. The molecular weight excluding hydrogens is 534 g/mol. The molecule has 5 nitrogen and oxygen atoms in total. The number of nitrogens with zero attached hydrogens (tertiary/aromatic N) is 1. The molecule has 8 unspecified atom stereocenters. The summed E-state index contributed by atoms with van der Waals surface area (Å²) in [5.41, 5.74) is 2.55. The molecule has 5 heteroatoms. The van der Waals surface area contributed by atoms with Crippen molar-refractivity contribution in [1.29, 1.82) is 0 Å². The first-order chi connectivity index (χ1) is 20.8. The van der Waals surface area contributed by atoms with E-state index in [9.17, 15) is 4.79 Å². The van der Waals surface area contributed by atoms with Gasteiger partial charge in [-0.25, -0.2) is 0 Å². The van der Waals surface area contributed by atoms with Gasteiger partial charge in [-0.05, 0) is 98.0 Å². The fraction of sp³-hybridized carbons (Fsp3) is 0.658. The van der Waals surface area contributed by atoms with Gasteiger partial charge in [0.2, 0.25) is 0 Å². The summed E-state index contributed by atoms with van der Waals surface area (Å²) in [5.74, 6) is 2.48. The second-order valence-electron chi connectivity index (χ2n) is 15.5. The standard InChI is InChI=1S/C38H49NO4/c1-35-19-20-37(24-29(35)13-14-30-31(35)15-17-36(2)32(30)16-18-38(36)41-21-22-42-38)26-39(25-28-11-7-4-8-12-28)33(34(40)43-37)23-27-9-5-3-6-10-27/h3-12,29-33H,13-26H2,1-2H3. The average molecular weight is 584 g/mol. The number of rotatable bonds is 4. The Morgan fingerprint density at radius 1 is 0.791 bits per heavy atom. The largest absolute Gasteiger partial charge is 0.457 e. The SMILES string of the molecule is CC12CCC3(CC1CCC1C2CCC2(C)C1CCC21OCCO1)CN(Cc1ccccc1)C(Cc1ccccc1)C(=O)O3. The first-order valence-corrected chi connectivity index (χ1v) is 17.2. The fourth-order valence-corrected chi connectivity index (χ4v) is 11.4. The molecule has 2 saturated heterocycles. The predicted molar refractivity (Wildman–Crippen MR) is 166 cm³/mol. The van der Waals surface area contributed by atoms with E-state index in [0.29, 0.717) is 23.7 Å². The van der Waals surface area contributed by atoms with Crippen molar-refractivity contribution in [3.8, 4) is 0 Å². The van der Waals surface area contributed by atoms with Gasteiger partial charge in [0.05, 0.1) is 13.2 Å². The summed E-state index contributed by atoms with van der Waals surface area (Å²) in [7, 11) is 0. The zero-order chi connectivity index (χ0) is 29.3. The molecule has 43 heavy (non-hydrogen) atoms. The van der Waals surface area contributed by atoms with Crippen LogP contribution in [0.15, 0.2) is 60.7 Å². The van der Waals surface area contributed by atoms with E-state index in [2.05, 4.69) is 73.3 Å². The van der Waals surface area contributed by atoms with Gasteiger partial charge in [-0.15, -0.1) is 0 Å². The number of hydrogen-bond acceptors (Lipinski definition) is 5. The third kappa shape index (κ3) is 4.47. The van der Waals surface area contributed by atoms with Crippen LogP contribution in [0.25, 0.3) is 0 Å². The Morgan fingerprint density at radius 2 is 1.49 bits per heavy atom. The van der Waals surface area contributed by atoms with Crippen LogP contribution in [0.5, 0.6) is 0 Å². The van der Waals surface area contributed by atoms with Crippen LogP contribution >= 0.6 is 0 Å². The van der Waals surface area contributed by atoms with Crippen molar-refractivity contribution in [2.45, 2.75) is 102 Å². The lowest BCUT2D eigenvalue weighted by molar-refractivity contribution is -0.251. The van der Waals surface area contributed by atoms with E-state index in [4.69, 9.17) is 14.2 Å². The second-order valence-corrected chi connectivity index (χ2v) is 15.5. The molecule has 2 aromatic carbocycles. The van der Waals surface area contributed by atoms with Gasteiger partial charge in [0.1, 0.15) is 11.6 Å². The number of ether oxygens (including phenoxy) is 3. The van der Waals surface area contributed by atoms with Crippen molar-refractivity contribution < 1.29 is 19.0 Å².